The van der Waals surface area contributed by atoms with Crippen molar-refractivity contribution in [3.8, 4) is 23.6 Å². The molecule has 24 heteroatoms. The van der Waals surface area contributed by atoms with Crippen LogP contribution in [0.25, 0.3) is 0 Å². The van der Waals surface area contributed by atoms with E-state index in [0.29, 0.717) is 28.2 Å². The number of carbonyl (C=O) groups excluding carboxylic acids is 2. The van der Waals surface area contributed by atoms with Gasteiger partial charge in [0.1, 0.15) is 60.5 Å². The van der Waals surface area contributed by atoms with Gasteiger partial charge in [-0.1, -0.05) is 54.6 Å². The van der Waals surface area contributed by atoms with Crippen molar-refractivity contribution in [2.24, 2.45) is 5.73 Å². The molecular weight excluding hydrogens is 1010 g/mol. The summed E-state index contributed by atoms with van der Waals surface area (Å²) in [6, 6.07) is 26.6. The number of methoxy groups -OCH3 is 2. The van der Waals surface area contributed by atoms with E-state index in [9.17, 15) is 24.9 Å². The normalized spacial score (nSPS) is 27.2. The maximum absolute atomic E-state index is 15.5. The van der Waals surface area contributed by atoms with Gasteiger partial charge < -0.3 is 43.4 Å². The van der Waals surface area contributed by atoms with Crippen molar-refractivity contribution in [1.82, 2.24) is 24.4 Å². The molecule has 5 aliphatic rings. The molecule has 3 amide bonds. The monoisotopic (exact) mass is 1070 g/mol. The lowest BCUT2D eigenvalue weighted by molar-refractivity contribution is -0.270. The molecule has 400 valence electrons. The molecule has 3 N–H and O–H groups in total. The van der Waals surface area contributed by atoms with E-state index in [1.54, 1.807) is 38.5 Å². The summed E-state index contributed by atoms with van der Waals surface area (Å²) in [6.45, 7) is 8.48. The maximum Gasteiger partial charge on any atom is 0.380 e. The van der Waals surface area contributed by atoms with Crippen LogP contribution in [0.4, 0.5) is 4.79 Å². The summed E-state index contributed by atoms with van der Waals surface area (Å²) >= 11 is 0. The fourth-order valence-corrected chi connectivity index (χ4v) is 12.8. The number of phosphoric ester groups is 1. The van der Waals surface area contributed by atoms with Gasteiger partial charge in [0.15, 0.2) is 12.4 Å². The van der Waals surface area contributed by atoms with E-state index >= 15 is 4.89 Å². The van der Waals surface area contributed by atoms with Crippen LogP contribution in [-0.4, -0.2) is 114 Å². The topological polar surface area (TPSA) is 277 Å². The van der Waals surface area contributed by atoms with Crippen molar-refractivity contribution in [3.63, 3.8) is 0 Å². The van der Waals surface area contributed by atoms with Gasteiger partial charge in [0.25, 0.3) is 8.53 Å². The van der Waals surface area contributed by atoms with Crippen molar-refractivity contribution in [2.45, 2.75) is 127 Å². The van der Waals surface area contributed by atoms with Gasteiger partial charge in [-0.2, -0.15) is 29.1 Å². The van der Waals surface area contributed by atoms with Crippen LogP contribution in [0.1, 0.15) is 95.0 Å². The van der Waals surface area contributed by atoms with E-state index in [0.717, 1.165) is 4.90 Å². The highest BCUT2D eigenvalue weighted by Gasteiger charge is 2.58. The molecule has 0 radical (unpaired) electrons. The summed E-state index contributed by atoms with van der Waals surface area (Å²) in [5.41, 5.74) is 4.25. The van der Waals surface area contributed by atoms with Crippen LogP contribution < -0.4 is 31.1 Å². The Morgan fingerprint density at radius 1 is 0.880 bits per heavy atom. The number of hydrogen-bond donors (Lipinski definition) is 2. The SMILES string of the molecule is COc1ccc(C(O[C@@H]2O[C@@H]3C[C@@H]2O[P+]([O-])(OCCC#N)OC[C@H]2O[C@H](C[C@@H]2OP(OCCC#N)N(C(C)C)C(C)C)n2ccc(nc2=O)[C@@H]2N3C(=O)NC(=O)[C@]2(C)N)(c2ccccc2)c2ccc(OC)cc2)cc1. The number of benzene rings is 3. The fraction of sp³-hybridized carbons (Fsp3) is 0.490. The van der Waals surface area contributed by atoms with Gasteiger partial charge in [0, 0.05) is 31.1 Å². The molecule has 10 atom stereocenters. The number of aromatic nitrogens is 2. The zero-order valence-electron chi connectivity index (χ0n) is 42.7. The smallest absolute Gasteiger partial charge is 0.380 e. The number of nitrogens with zero attached hydrogens (tertiary/aromatic N) is 6. The molecule has 22 nitrogen and oxygen atoms in total. The molecular formula is C51H62N8O14P2. The standard InChI is InChI=1S/C51H62N8O14P2/c1-32(2)59(33(3)4)74(66-27-11-24-52)72-40-29-43-57-26-23-39(55-48(57)61)45-50(5,54)47(60)56-49(62)58(45)44-30-41(73-75(63,67-28-12-25-53)68-31-42(40)69-43)46(70-44)71-51(34-13-9-8-10-14-34,35-15-19-37(64-6)20-16-35)36-17-21-38(65-7)22-18-36/h8-10,13-23,26,32-33,40-46H,11-12,27-31,54H2,1-7H3,(H,56,60,62)/t40-,41-,42+,43+,44+,45-,46-,50+,74?,75?/m0/s1. The molecule has 5 aliphatic heterocycles. The number of hydrogen-bond acceptors (Lipinski definition) is 19. The molecule has 9 rings (SSSR count). The average Bonchev–Trinajstić information content (AvgIpc) is 3.98. The zero-order valence-corrected chi connectivity index (χ0v) is 44.5. The van der Waals surface area contributed by atoms with Crippen molar-refractivity contribution in [3.05, 3.63) is 124 Å². The molecule has 3 fully saturated rings. The second-order valence-electron chi connectivity index (χ2n) is 18.9. The Morgan fingerprint density at radius 2 is 1.49 bits per heavy atom. The van der Waals surface area contributed by atoms with Gasteiger partial charge in [-0.25, -0.2) is 14.3 Å². The Bertz CT molecular complexity index is 2710. The lowest BCUT2D eigenvalue weighted by Crippen LogP contribution is -2.70. The number of urea groups is 1. The minimum atomic E-state index is -4.87. The van der Waals surface area contributed by atoms with Crippen molar-refractivity contribution in [1.29, 1.82) is 10.5 Å². The van der Waals surface area contributed by atoms with Gasteiger partial charge in [0.2, 0.25) is 5.91 Å². The predicted molar refractivity (Wildman–Crippen MR) is 268 cm³/mol. The fourth-order valence-electron chi connectivity index (χ4n) is 9.73. The molecule has 6 bridgehead atoms. The Balaban J connectivity index is 1.29. The van der Waals surface area contributed by atoms with Crippen molar-refractivity contribution >= 4 is 28.6 Å². The molecule has 6 heterocycles. The summed E-state index contributed by atoms with van der Waals surface area (Å²) in [7, 11) is -3.66. The van der Waals surface area contributed by atoms with Crippen LogP contribution in [0.5, 0.6) is 11.5 Å². The third kappa shape index (κ3) is 11.8. The summed E-state index contributed by atoms with van der Waals surface area (Å²) < 4.78 is 66.9. The molecule has 2 unspecified atom stereocenters. The number of rotatable bonds is 18. The lowest BCUT2D eigenvalue weighted by Gasteiger charge is -2.46. The minimum Gasteiger partial charge on any atom is -0.606 e. The first-order chi connectivity index (χ1) is 36.0. The van der Waals surface area contributed by atoms with Gasteiger partial charge in [-0.3, -0.25) is 19.6 Å². The van der Waals surface area contributed by atoms with E-state index in [1.165, 1.54) is 23.8 Å². The number of ether oxygens (including phenoxy) is 5. The van der Waals surface area contributed by atoms with Crippen LogP contribution in [0.3, 0.4) is 0 Å². The summed E-state index contributed by atoms with van der Waals surface area (Å²) in [6.07, 6.45) is -6.45. The molecule has 75 heavy (non-hydrogen) atoms. The van der Waals surface area contributed by atoms with Crippen LogP contribution in [0.2, 0.25) is 0 Å². The summed E-state index contributed by atoms with van der Waals surface area (Å²) in [5.74, 6) is 0.253. The zero-order chi connectivity index (χ0) is 53.7. The number of fused-ring (bicyclic) bond motifs is 5. The quantitative estimate of drug-likeness (QED) is 0.0658. The van der Waals surface area contributed by atoms with Crippen molar-refractivity contribution < 1.29 is 60.8 Å². The number of nitriles is 2. The van der Waals surface area contributed by atoms with Crippen LogP contribution >= 0.6 is 16.7 Å². The van der Waals surface area contributed by atoms with Gasteiger partial charge in [-0.05, 0) is 81.6 Å². The number of carbonyl (C=O) groups is 2. The Kier molecular flexibility index (Phi) is 17.7. The van der Waals surface area contributed by atoms with Crippen LogP contribution in [0.15, 0.2) is 95.9 Å². The molecule has 0 saturated carbocycles. The molecule has 1 aromatic heterocycles. The third-order valence-electron chi connectivity index (χ3n) is 13.2. The molecule has 3 aromatic carbocycles. The Hall–Kier alpha value is -5.52. The van der Waals surface area contributed by atoms with Gasteiger partial charge in [-0.15, -0.1) is 0 Å². The maximum atomic E-state index is 15.5. The number of amides is 3. The van der Waals surface area contributed by atoms with Crippen LogP contribution in [-0.2, 0) is 47.2 Å². The minimum absolute atomic E-state index is 0.0255. The van der Waals surface area contributed by atoms with Crippen molar-refractivity contribution in [2.75, 3.05) is 34.0 Å². The second-order valence-corrected chi connectivity index (χ2v) is 21.9. The number of nitrogens with two attached hydrogens (primary N) is 1. The average molecular weight is 1070 g/mol. The number of imide groups is 1. The van der Waals surface area contributed by atoms with E-state index in [-0.39, 0.29) is 50.1 Å². The van der Waals surface area contributed by atoms with E-state index in [1.807, 2.05) is 93.0 Å². The third-order valence-corrected chi connectivity index (χ3v) is 16.9. The van der Waals surface area contributed by atoms with Gasteiger partial charge in [0.05, 0.1) is 57.6 Å². The Morgan fingerprint density at radius 3 is 2.08 bits per heavy atom. The van der Waals surface area contributed by atoms with E-state index in [2.05, 4.69) is 16.4 Å². The summed E-state index contributed by atoms with van der Waals surface area (Å²) in [5, 5.41) is 21.4. The number of phosphoric acid groups is 1. The second kappa shape index (κ2) is 23.8. The lowest BCUT2D eigenvalue weighted by atomic mass is 9.80. The highest BCUT2D eigenvalue weighted by Crippen LogP contribution is 2.59. The number of nitrogens with one attached hydrogen (secondary N) is 1. The van der Waals surface area contributed by atoms with E-state index < -0.39 is 102 Å². The Labute approximate surface area is 437 Å². The largest absolute Gasteiger partial charge is 0.606 e. The first-order valence-corrected chi connectivity index (χ1v) is 27.1. The molecule has 4 aromatic rings. The molecule has 3 saturated heterocycles. The summed E-state index contributed by atoms with van der Waals surface area (Å²) in [4.78, 5) is 63.6. The highest BCUT2D eigenvalue weighted by atomic mass is 31.2. The highest BCUT2D eigenvalue weighted by molar-refractivity contribution is 7.54. The first-order valence-electron chi connectivity index (χ1n) is 24.5. The van der Waals surface area contributed by atoms with Gasteiger partial charge >= 0.3 is 19.9 Å². The molecule has 0 spiro atoms. The first kappa shape index (κ1) is 55.7. The van der Waals surface area contributed by atoms with Crippen LogP contribution in [0, 0.1) is 22.7 Å². The predicted octanol–water partition coefficient (Wildman–Crippen LogP) is 5.98. The van der Waals surface area contributed by atoms with E-state index in [4.69, 9.17) is 52.0 Å². The molecule has 0 aliphatic carbocycles.